The van der Waals surface area contributed by atoms with Crippen LogP contribution in [0, 0.1) is 0 Å². The van der Waals surface area contributed by atoms with E-state index in [-0.39, 0.29) is 6.10 Å². The predicted molar refractivity (Wildman–Crippen MR) is 70.5 cm³/mol. The molecule has 1 unspecified atom stereocenters. The van der Waals surface area contributed by atoms with E-state index in [0.717, 1.165) is 36.8 Å². The Morgan fingerprint density at radius 1 is 1.29 bits per heavy atom. The van der Waals surface area contributed by atoms with Crippen molar-refractivity contribution in [2.45, 2.75) is 33.3 Å². The van der Waals surface area contributed by atoms with E-state index in [4.69, 9.17) is 4.74 Å². The van der Waals surface area contributed by atoms with Crippen molar-refractivity contribution in [3.63, 3.8) is 0 Å². The molecule has 5 nitrogen and oxygen atoms in total. The van der Waals surface area contributed by atoms with E-state index in [1.807, 2.05) is 20.9 Å². The van der Waals surface area contributed by atoms with Gasteiger partial charge in [-0.25, -0.2) is 9.97 Å². The SMILES string of the molecule is CCOC(C)CNc1ncnc(NC)c1CC. The minimum absolute atomic E-state index is 0.178. The molecule has 2 N–H and O–H groups in total. The largest absolute Gasteiger partial charge is 0.377 e. The molecule has 1 heterocycles. The van der Waals surface area contributed by atoms with E-state index < -0.39 is 0 Å². The van der Waals surface area contributed by atoms with Crippen molar-refractivity contribution >= 4 is 11.6 Å². The molecule has 0 aromatic carbocycles. The van der Waals surface area contributed by atoms with Crippen molar-refractivity contribution in [2.24, 2.45) is 0 Å². The molecule has 0 aliphatic rings. The van der Waals surface area contributed by atoms with Gasteiger partial charge < -0.3 is 15.4 Å². The fraction of sp³-hybridized carbons (Fsp3) is 0.667. The normalized spacial score (nSPS) is 12.2. The zero-order valence-electron chi connectivity index (χ0n) is 11.1. The molecule has 1 atom stereocenters. The van der Waals surface area contributed by atoms with Crippen LogP contribution in [-0.2, 0) is 11.2 Å². The topological polar surface area (TPSA) is 59.1 Å². The van der Waals surface area contributed by atoms with E-state index in [9.17, 15) is 0 Å². The van der Waals surface area contributed by atoms with E-state index in [2.05, 4.69) is 27.5 Å². The van der Waals surface area contributed by atoms with E-state index in [1.54, 1.807) is 6.33 Å². The molecule has 0 radical (unpaired) electrons. The van der Waals surface area contributed by atoms with Gasteiger partial charge >= 0.3 is 0 Å². The monoisotopic (exact) mass is 238 g/mol. The average Bonchev–Trinajstić information content (AvgIpc) is 2.36. The standard InChI is InChI=1S/C12H22N4O/c1-5-10-11(13-4)15-8-16-12(10)14-7-9(3)17-6-2/h8-9H,5-7H2,1-4H3,(H2,13,14,15,16). The molecular weight excluding hydrogens is 216 g/mol. The molecule has 17 heavy (non-hydrogen) atoms. The number of anilines is 2. The lowest BCUT2D eigenvalue weighted by Gasteiger charge is -2.16. The Hall–Kier alpha value is -1.36. The van der Waals surface area contributed by atoms with Crippen LogP contribution >= 0.6 is 0 Å². The van der Waals surface area contributed by atoms with Crippen LogP contribution in [0.15, 0.2) is 6.33 Å². The fourth-order valence-electron chi connectivity index (χ4n) is 1.70. The Morgan fingerprint density at radius 3 is 2.59 bits per heavy atom. The van der Waals surface area contributed by atoms with Crippen LogP contribution in [0.5, 0.6) is 0 Å². The number of rotatable bonds is 7. The Balaban J connectivity index is 2.70. The molecule has 0 spiro atoms. The van der Waals surface area contributed by atoms with Crippen molar-refractivity contribution in [3.8, 4) is 0 Å². The first kappa shape index (κ1) is 13.7. The van der Waals surface area contributed by atoms with Crippen LogP contribution < -0.4 is 10.6 Å². The minimum atomic E-state index is 0.178. The summed E-state index contributed by atoms with van der Waals surface area (Å²) in [6.45, 7) is 7.62. The zero-order chi connectivity index (χ0) is 12.7. The summed E-state index contributed by atoms with van der Waals surface area (Å²) < 4.78 is 5.47. The molecule has 1 rings (SSSR count). The van der Waals surface area contributed by atoms with Crippen LogP contribution in [0.2, 0.25) is 0 Å². The van der Waals surface area contributed by atoms with Crippen LogP contribution in [0.4, 0.5) is 11.6 Å². The van der Waals surface area contributed by atoms with E-state index in [0.29, 0.717) is 0 Å². The lowest BCUT2D eigenvalue weighted by atomic mass is 10.2. The van der Waals surface area contributed by atoms with Crippen LogP contribution in [-0.4, -0.2) is 36.3 Å². The van der Waals surface area contributed by atoms with Crippen molar-refractivity contribution in [1.82, 2.24) is 9.97 Å². The number of hydrogen-bond donors (Lipinski definition) is 2. The molecule has 0 bridgehead atoms. The molecule has 0 aliphatic heterocycles. The van der Waals surface area contributed by atoms with Gasteiger partial charge in [-0.3, -0.25) is 0 Å². The maximum absolute atomic E-state index is 5.47. The minimum Gasteiger partial charge on any atom is -0.377 e. The Morgan fingerprint density at radius 2 is 2.00 bits per heavy atom. The van der Waals surface area contributed by atoms with E-state index >= 15 is 0 Å². The maximum Gasteiger partial charge on any atom is 0.134 e. The van der Waals surface area contributed by atoms with Gasteiger partial charge in [0.05, 0.1) is 6.10 Å². The van der Waals surface area contributed by atoms with Gasteiger partial charge in [0, 0.05) is 25.8 Å². The predicted octanol–water partition coefficient (Wildman–Crippen LogP) is 1.92. The smallest absolute Gasteiger partial charge is 0.134 e. The van der Waals surface area contributed by atoms with Crippen molar-refractivity contribution in [2.75, 3.05) is 30.8 Å². The summed E-state index contributed by atoms with van der Waals surface area (Å²) in [5, 5.41) is 6.38. The lowest BCUT2D eigenvalue weighted by Crippen LogP contribution is -2.21. The average molecular weight is 238 g/mol. The highest BCUT2D eigenvalue weighted by Crippen LogP contribution is 2.19. The molecule has 0 saturated carbocycles. The maximum atomic E-state index is 5.47. The highest BCUT2D eigenvalue weighted by Gasteiger charge is 2.09. The quantitative estimate of drug-likeness (QED) is 0.760. The summed E-state index contributed by atoms with van der Waals surface area (Å²) in [5.41, 5.74) is 1.11. The summed E-state index contributed by atoms with van der Waals surface area (Å²) in [4.78, 5) is 8.47. The molecule has 96 valence electrons. The highest BCUT2D eigenvalue weighted by atomic mass is 16.5. The number of ether oxygens (including phenoxy) is 1. The van der Waals surface area contributed by atoms with Gasteiger partial charge in [0.2, 0.25) is 0 Å². The third-order valence-corrected chi connectivity index (χ3v) is 2.54. The molecule has 0 saturated heterocycles. The third kappa shape index (κ3) is 3.85. The molecule has 0 aliphatic carbocycles. The first-order valence-corrected chi connectivity index (χ1v) is 6.09. The lowest BCUT2D eigenvalue weighted by molar-refractivity contribution is 0.0854. The van der Waals surface area contributed by atoms with Gasteiger partial charge in [-0.1, -0.05) is 6.92 Å². The number of nitrogens with one attached hydrogen (secondary N) is 2. The summed E-state index contributed by atoms with van der Waals surface area (Å²) in [6.07, 6.45) is 2.64. The van der Waals surface area contributed by atoms with Gasteiger partial charge in [0.15, 0.2) is 0 Å². The molecule has 1 aromatic heterocycles. The fourth-order valence-corrected chi connectivity index (χ4v) is 1.70. The van der Waals surface area contributed by atoms with Crippen LogP contribution in [0.1, 0.15) is 26.3 Å². The summed E-state index contributed by atoms with van der Waals surface area (Å²) in [6, 6.07) is 0. The van der Waals surface area contributed by atoms with Gasteiger partial charge in [-0.2, -0.15) is 0 Å². The Labute approximate surface area is 103 Å². The van der Waals surface area contributed by atoms with Gasteiger partial charge in [0.25, 0.3) is 0 Å². The molecule has 5 heteroatoms. The number of nitrogens with zero attached hydrogens (tertiary/aromatic N) is 2. The van der Waals surface area contributed by atoms with Gasteiger partial charge in [-0.05, 0) is 20.3 Å². The second-order valence-electron chi connectivity index (χ2n) is 3.80. The first-order valence-electron chi connectivity index (χ1n) is 6.09. The zero-order valence-corrected chi connectivity index (χ0v) is 11.1. The third-order valence-electron chi connectivity index (χ3n) is 2.54. The number of aromatic nitrogens is 2. The summed E-state index contributed by atoms with van der Waals surface area (Å²) in [7, 11) is 1.87. The first-order chi connectivity index (χ1) is 8.22. The molecule has 1 aromatic rings. The van der Waals surface area contributed by atoms with Gasteiger partial charge in [0.1, 0.15) is 18.0 Å². The van der Waals surface area contributed by atoms with E-state index in [1.165, 1.54) is 0 Å². The van der Waals surface area contributed by atoms with Crippen LogP contribution in [0.3, 0.4) is 0 Å². The summed E-state index contributed by atoms with van der Waals surface area (Å²) in [5.74, 6) is 1.77. The number of hydrogen-bond acceptors (Lipinski definition) is 5. The van der Waals surface area contributed by atoms with Crippen molar-refractivity contribution in [1.29, 1.82) is 0 Å². The van der Waals surface area contributed by atoms with Crippen molar-refractivity contribution in [3.05, 3.63) is 11.9 Å². The second-order valence-corrected chi connectivity index (χ2v) is 3.80. The molecule has 0 amide bonds. The molecule has 0 fully saturated rings. The Kier molecular flexibility index (Phi) is 5.69. The highest BCUT2D eigenvalue weighted by molar-refractivity contribution is 5.57. The second kappa shape index (κ2) is 7.06. The van der Waals surface area contributed by atoms with Crippen molar-refractivity contribution < 1.29 is 4.74 Å². The van der Waals surface area contributed by atoms with Crippen LogP contribution in [0.25, 0.3) is 0 Å². The molecular formula is C12H22N4O. The van der Waals surface area contributed by atoms with Gasteiger partial charge in [-0.15, -0.1) is 0 Å². The Bertz CT molecular complexity index is 343. The summed E-state index contributed by atoms with van der Waals surface area (Å²) >= 11 is 0.